The van der Waals surface area contributed by atoms with Crippen molar-refractivity contribution in [3.8, 4) is 0 Å². The number of carbonyl (C=O) groups is 1. The Labute approximate surface area is 98.9 Å². The van der Waals surface area contributed by atoms with Crippen molar-refractivity contribution in [2.75, 3.05) is 7.11 Å². The van der Waals surface area contributed by atoms with E-state index in [0.717, 1.165) is 5.56 Å². The number of carboxylic acids is 1. The van der Waals surface area contributed by atoms with Crippen LogP contribution in [0, 0.1) is 0 Å². The molecule has 0 unspecified atom stereocenters. The van der Waals surface area contributed by atoms with Gasteiger partial charge in [0.1, 0.15) is 0 Å². The number of carboxylic acid groups (broad SMARTS) is 1. The lowest BCUT2D eigenvalue weighted by Crippen LogP contribution is -2.00. The van der Waals surface area contributed by atoms with Gasteiger partial charge in [0.15, 0.2) is 0 Å². The molecule has 1 atom stereocenters. The van der Waals surface area contributed by atoms with Gasteiger partial charge in [-0.05, 0) is 30.7 Å². The number of pyridine rings is 1. The topological polar surface area (TPSA) is 59.4 Å². The third-order valence-corrected chi connectivity index (χ3v) is 2.82. The lowest BCUT2D eigenvalue weighted by atomic mass is 10.0. The molecular weight excluding hydrogens is 218 g/mol. The largest absolute Gasteiger partial charge is 0.478 e. The van der Waals surface area contributed by atoms with Crippen molar-refractivity contribution in [1.82, 2.24) is 4.98 Å². The summed E-state index contributed by atoms with van der Waals surface area (Å²) in [6, 6.07) is 7.04. The van der Waals surface area contributed by atoms with Crippen LogP contribution in [0.5, 0.6) is 0 Å². The number of benzene rings is 1. The second-order valence-electron chi connectivity index (χ2n) is 3.82. The van der Waals surface area contributed by atoms with Crippen molar-refractivity contribution < 1.29 is 14.6 Å². The van der Waals surface area contributed by atoms with Crippen molar-refractivity contribution in [2.45, 2.75) is 13.0 Å². The maximum atomic E-state index is 11.1. The number of hydrogen-bond acceptors (Lipinski definition) is 3. The van der Waals surface area contributed by atoms with Gasteiger partial charge in [-0.3, -0.25) is 4.98 Å². The summed E-state index contributed by atoms with van der Waals surface area (Å²) in [7, 11) is 1.62. The summed E-state index contributed by atoms with van der Waals surface area (Å²) in [5, 5.41) is 9.75. The molecule has 0 bridgehead atoms. The van der Waals surface area contributed by atoms with Gasteiger partial charge in [-0.25, -0.2) is 4.79 Å². The van der Waals surface area contributed by atoms with Crippen LogP contribution in [-0.2, 0) is 4.74 Å². The van der Waals surface area contributed by atoms with Crippen LogP contribution in [-0.4, -0.2) is 23.2 Å². The molecule has 1 aromatic heterocycles. The SMILES string of the molecule is CO[C@H](C)c1ccc2nccc(C(=O)O)c2c1. The summed E-state index contributed by atoms with van der Waals surface area (Å²) in [6.45, 7) is 1.91. The number of nitrogens with zero attached hydrogens (tertiary/aromatic N) is 1. The van der Waals surface area contributed by atoms with E-state index >= 15 is 0 Å². The molecule has 17 heavy (non-hydrogen) atoms. The van der Waals surface area contributed by atoms with Gasteiger partial charge in [0, 0.05) is 18.7 Å². The molecule has 1 N–H and O–H groups in total. The molecule has 88 valence electrons. The zero-order chi connectivity index (χ0) is 12.4. The van der Waals surface area contributed by atoms with E-state index in [1.165, 1.54) is 12.3 Å². The standard InChI is InChI=1S/C13H13NO3/c1-8(17-2)9-3-4-12-11(7-9)10(13(15)16)5-6-14-12/h3-8H,1-2H3,(H,15,16)/t8-/m1/s1. The Morgan fingerprint density at radius 3 is 2.82 bits per heavy atom. The number of rotatable bonds is 3. The second-order valence-corrected chi connectivity index (χ2v) is 3.82. The van der Waals surface area contributed by atoms with Crippen LogP contribution in [0.4, 0.5) is 0 Å². The molecule has 1 aromatic carbocycles. The first kappa shape index (κ1) is 11.5. The Bertz CT molecular complexity index is 566. The molecule has 2 rings (SSSR count). The highest BCUT2D eigenvalue weighted by Gasteiger charge is 2.11. The fourth-order valence-corrected chi connectivity index (χ4v) is 1.74. The first-order chi connectivity index (χ1) is 8.13. The molecule has 0 amide bonds. The molecule has 0 aliphatic carbocycles. The van der Waals surface area contributed by atoms with Gasteiger partial charge in [0.2, 0.25) is 0 Å². The molecule has 2 aromatic rings. The normalized spacial score (nSPS) is 12.6. The lowest BCUT2D eigenvalue weighted by molar-refractivity contribution is 0.0699. The van der Waals surface area contributed by atoms with Gasteiger partial charge in [0.05, 0.1) is 17.2 Å². The molecule has 0 radical (unpaired) electrons. The predicted molar refractivity (Wildman–Crippen MR) is 64.1 cm³/mol. The number of fused-ring (bicyclic) bond motifs is 1. The zero-order valence-corrected chi connectivity index (χ0v) is 9.68. The highest BCUT2D eigenvalue weighted by molar-refractivity contribution is 6.02. The highest BCUT2D eigenvalue weighted by Crippen LogP contribution is 2.23. The van der Waals surface area contributed by atoms with Crippen LogP contribution in [0.15, 0.2) is 30.5 Å². The van der Waals surface area contributed by atoms with Crippen LogP contribution in [0.3, 0.4) is 0 Å². The van der Waals surface area contributed by atoms with Gasteiger partial charge >= 0.3 is 5.97 Å². The van der Waals surface area contributed by atoms with E-state index < -0.39 is 5.97 Å². The smallest absolute Gasteiger partial charge is 0.336 e. The molecule has 4 heteroatoms. The summed E-state index contributed by atoms with van der Waals surface area (Å²) in [5.74, 6) is -0.945. The maximum absolute atomic E-state index is 11.1. The quantitative estimate of drug-likeness (QED) is 0.882. The van der Waals surface area contributed by atoms with E-state index in [1.807, 2.05) is 25.1 Å². The lowest BCUT2D eigenvalue weighted by Gasteiger charge is -2.11. The number of hydrogen-bond donors (Lipinski definition) is 1. The Morgan fingerprint density at radius 1 is 1.41 bits per heavy atom. The van der Waals surface area contributed by atoms with Crippen LogP contribution in [0.1, 0.15) is 28.9 Å². The average Bonchev–Trinajstić information content (AvgIpc) is 2.36. The molecule has 0 spiro atoms. The van der Waals surface area contributed by atoms with Crippen molar-refractivity contribution in [3.63, 3.8) is 0 Å². The molecule has 4 nitrogen and oxygen atoms in total. The van der Waals surface area contributed by atoms with Crippen molar-refractivity contribution in [1.29, 1.82) is 0 Å². The molecule has 0 saturated heterocycles. The predicted octanol–water partition coefficient (Wildman–Crippen LogP) is 2.64. The number of methoxy groups -OCH3 is 1. The number of aromatic nitrogens is 1. The summed E-state index contributed by atoms with van der Waals surface area (Å²) in [6.07, 6.45) is 1.44. The molecule has 0 saturated carbocycles. The first-order valence-corrected chi connectivity index (χ1v) is 5.28. The van der Waals surface area contributed by atoms with E-state index in [1.54, 1.807) is 7.11 Å². The molecule has 1 heterocycles. The number of ether oxygens (including phenoxy) is 1. The third kappa shape index (κ3) is 2.12. The van der Waals surface area contributed by atoms with E-state index in [9.17, 15) is 4.79 Å². The van der Waals surface area contributed by atoms with Crippen molar-refractivity contribution >= 4 is 16.9 Å². The summed E-state index contributed by atoms with van der Waals surface area (Å²) in [4.78, 5) is 15.3. The molecule has 0 aliphatic heterocycles. The summed E-state index contributed by atoms with van der Waals surface area (Å²) in [5.41, 5.74) is 1.88. The second kappa shape index (κ2) is 4.51. The summed E-state index contributed by atoms with van der Waals surface area (Å²) < 4.78 is 5.22. The van der Waals surface area contributed by atoms with E-state index in [4.69, 9.17) is 9.84 Å². The van der Waals surface area contributed by atoms with Crippen LogP contribution >= 0.6 is 0 Å². The maximum Gasteiger partial charge on any atom is 0.336 e. The average molecular weight is 231 g/mol. The Kier molecular flexibility index (Phi) is 3.06. The molecule has 0 fully saturated rings. The van der Waals surface area contributed by atoms with Gasteiger partial charge in [-0.2, -0.15) is 0 Å². The van der Waals surface area contributed by atoms with Gasteiger partial charge in [0.25, 0.3) is 0 Å². The minimum atomic E-state index is -0.945. The fraction of sp³-hybridized carbons (Fsp3) is 0.231. The monoisotopic (exact) mass is 231 g/mol. The molecular formula is C13H13NO3. The first-order valence-electron chi connectivity index (χ1n) is 5.28. The zero-order valence-electron chi connectivity index (χ0n) is 9.68. The van der Waals surface area contributed by atoms with Gasteiger partial charge < -0.3 is 9.84 Å². The highest BCUT2D eigenvalue weighted by atomic mass is 16.5. The third-order valence-electron chi connectivity index (χ3n) is 2.82. The van der Waals surface area contributed by atoms with E-state index in [2.05, 4.69) is 4.98 Å². The van der Waals surface area contributed by atoms with Crippen LogP contribution in [0.25, 0.3) is 10.9 Å². The minimum Gasteiger partial charge on any atom is -0.478 e. The van der Waals surface area contributed by atoms with Crippen molar-refractivity contribution in [3.05, 3.63) is 41.6 Å². The minimum absolute atomic E-state index is 0.0683. The van der Waals surface area contributed by atoms with Crippen LogP contribution in [0.2, 0.25) is 0 Å². The summed E-state index contributed by atoms with van der Waals surface area (Å²) >= 11 is 0. The van der Waals surface area contributed by atoms with Gasteiger partial charge in [-0.15, -0.1) is 0 Å². The van der Waals surface area contributed by atoms with Crippen LogP contribution < -0.4 is 0 Å². The van der Waals surface area contributed by atoms with Crippen molar-refractivity contribution in [2.24, 2.45) is 0 Å². The van der Waals surface area contributed by atoms with E-state index in [-0.39, 0.29) is 11.7 Å². The molecule has 0 aliphatic rings. The Hall–Kier alpha value is -1.94. The number of aromatic carboxylic acids is 1. The Morgan fingerprint density at radius 2 is 2.18 bits per heavy atom. The Balaban J connectivity index is 2.65. The fourth-order valence-electron chi connectivity index (χ4n) is 1.74. The van der Waals surface area contributed by atoms with Gasteiger partial charge in [-0.1, -0.05) is 6.07 Å². The van der Waals surface area contributed by atoms with E-state index in [0.29, 0.717) is 10.9 Å².